The smallest absolute Gasteiger partial charge is 0.335 e. The van der Waals surface area contributed by atoms with Gasteiger partial charge in [0.2, 0.25) is 0 Å². The number of benzene rings is 1. The van der Waals surface area contributed by atoms with Crippen LogP contribution < -0.4 is 5.73 Å². The molecule has 1 rings (SSSR count). The minimum atomic E-state index is -0.903. The Labute approximate surface area is 77.2 Å². The van der Waals surface area contributed by atoms with E-state index in [1.54, 1.807) is 19.1 Å². The van der Waals surface area contributed by atoms with E-state index in [2.05, 4.69) is 0 Å². The van der Waals surface area contributed by atoms with E-state index in [-0.39, 0.29) is 6.04 Å². The van der Waals surface area contributed by atoms with E-state index in [1.165, 1.54) is 0 Å². The van der Waals surface area contributed by atoms with Crippen LogP contribution in [0, 0.1) is 6.92 Å². The first kappa shape index (κ1) is 9.74. The van der Waals surface area contributed by atoms with Gasteiger partial charge in [0.1, 0.15) is 0 Å². The van der Waals surface area contributed by atoms with Gasteiger partial charge in [0.25, 0.3) is 0 Å². The van der Waals surface area contributed by atoms with Crippen molar-refractivity contribution in [1.82, 2.24) is 0 Å². The number of rotatable bonds is 2. The van der Waals surface area contributed by atoms with E-state index < -0.39 is 5.97 Å². The number of hydrogen-bond acceptors (Lipinski definition) is 2. The summed E-state index contributed by atoms with van der Waals surface area (Å²) in [5, 5.41) is 8.83. The topological polar surface area (TPSA) is 63.3 Å². The third-order valence-electron chi connectivity index (χ3n) is 2.10. The van der Waals surface area contributed by atoms with Crippen LogP contribution in [-0.4, -0.2) is 11.1 Å². The molecular formula is C10H13NO2. The molecule has 0 radical (unpaired) electrons. The lowest BCUT2D eigenvalue weighted by Crippen LogP contribution is -2.10. The Balaban J connectivity index is 3.26. The molecule has 3 nitrogen and oxygen atoms in total. The number of carboxylic acids is 1. The zero-order valence-corrected chi connectivity index (χ0v) is 7.74. The van der Waals surface area contributed by atoms with Gasteiger partial charge in [0, 0.05) is 6.04 Å². The van der Waals surface area contributed by atoms with E-state index in [0.717, 1.165) is 11.1 Å². The number of carbonyl (C=O) groups is 1. The molecule has 0 spiro atoms. The summed E-state index contributed by atoms with van der Waals surface area (Å²) in [4.78, 5) is 10.8. The van der Waals surface area contributed by atoms with Crippen molar-refractivity contribution < 1.29 is 9.90 Å². The Kier molecular flexibility index (Phi) is 2.68. The normalized spacial score (nSPS) is 12.5. The first-order valence-corrected chi connectivity index (χ1v) is 4.12. The lowest BCUT2D eigenvalue weighted by atomic mass is 9.98. The molecule has 0 bridgehead atoms. The van der Waals surface area contributed by atoms with Gasteiger partial charge in [-0.3, -0.25) is 0 Å². The van der Waals surface area contributed by atoms with Crippen molar-refractivity contribution in [2.24, 2.45) is 5.73 Å². The monoisotopic (exact) mass is 179 g/mol. The van der Waals surface area contributed by atoms with E-state index in [1.807, 2.05) is 13.0 Å². The van der Waals surface area contributed by atoms with E-state index in [9.17, 15) is 4.79 Å². The molecule has 1 aromatic rings. The minimum absolute atomic E-state index is 0.126. The van der Waals surface area contributed by atoms with Crippen LogP contribution in [0.4, 0.5) is 0 Å². The van der Waals surface area contributed by atoms with Crippen LogP contribution in [0.1, 0.15) is 34.5 Å². The second-order valence-corrected chi connectivity index (χ2v) is 3.11. The summed E-state index contributed by atoms with van der Waals surface area (Å²) in [6.45, 7) is 3.62. The van der Waals surface area contributed by atoms with Crippen LogP contribution in [0.2, 0.25) is 0 Å². The summed E-state index contributed by atoms with van der Waals surface area (Å²) in [5.41, 5.74) is 7.66. The van der Waals surface area contributed by atoms with Crippen molar-refractivity contribution in [2.75, 3.05) is 0 Å². The maximum absolute atomic E-state index is 10.8. The molecule has 0 aliphatic carbocycles. The zero-order valence-electron chi connectivity index (χ0n) is 7.74. The van der Waals surface area contributed by atoms with Gasteiger partial charge in [-0.15, -0.1) is 0 Å². The lowest BCUT2D eigenvalue weighted by Gasteiger charge is -2.11. The molecule has 3 heteroatoms. The number of carboxylic acid groups (broad SMARTS) is 1. The first-order valence-electron chi connectivity index (χ1n) is 4.12. The van der Waals surface area contributed by atoms with Gasteiger partial charge >= 0.3 is 5.97 Å². The van der Waals surface area contributed by atoms with Crippen molar-refractivity contribution in [3.63, 3.8) is 0 Å². The second-order valence-electron chi connectivity index (χ2n) is 3.11. The van der Waals surface area contributed by atoms with Crippen molar-refractivity contribution in [1.29, 1.82) is 0 Å². The highest BCUT2D eigenvalue weighted by Gasteiger charge is 2.11. The maximum Gasteiger partial charge on any atom is 0.335 e. The minimum Gasteiger partial charge on any atom is -0.478 e. The molecule has 0 heterocycles. The largest absolute Gasteiger partial charge is 0.478 e. The van der Waals surface area contributed by atoms with Crippen LogP contribution in [-0.2, 0) is 0 Å². The maximum atomic E-state index is 10.8. The molecule has 1 aromatic carbocycles. The molecule has 0 unspecified atom stereocenters. The molecule has 0 saturated heterocycles. The molecule has 0 amide bonds. The van der Waals surface area contributed by atoms with Gasteiger partial charge in [-0.2, -0.15) is 0 Å². The van der Waals surface area contributed by atoms with Gasteiger partial charge in [-0.25, -0.2) is 4.79 Å². The van der Waals surface area contributed by atoms with Crippen LogP contribution in [0.15, 0.2) is 18.2 Å². The summed E-state index contributed by atoms with van der Waals surface area (Å²) < 4.78 is 0. The van der Waals surface area contributed by atoms with E-state index in [4.69, 9.17) is 10.8 Å². The number of aromatic carboxylic acids is 1. The van der Waals surface area contributed by atoms with Crippen LogP contribution in [0.5, 0.6) is 0 Å². The van der Waals surface area contributed by atoms with Gasteiger partial charge in [-0.05, 0) is 31.0 Å². The average Bonchev–Trinajstić information content (AvgIpc) is 2.03. The summed E-state index contributed by atoms with van der Waals surface area (Å²) in [6.07, 6.45) is 0. The fourth-order valence-corrected chi connectivity index (χ4v) is 1.38. The molecule has 3 N–H and O–H groups in total. The number of hydrogen-bond donors (Lipinski definition) is 2. The zero-order chi connectivity index (χ0) is 10.0. The molecule has 0 saturated carbocycles. The molecule has 0 aliphatic heterocycles. The lowest BCUT2D eigenvalue weighted by molar-refractivity contribution is 0.0696. The standard InChI is InChI=1S/C10H13NO2/c1-6-8(7(2)11)4-3-5-9(6)10(12)13/h3-5,7H,11H2,1-2H3,(H,12,13)/t7-/m1/s1. The Bertz CT molecular complexity index is 332. The summed E-state index contributed by atoms with van der Waals surface area (Å²) in [5.74, 6) is -0.903. The Morgan fingerprint density at radius 1 is 1.54 bits per heavy atom. The first-order chi connectivity index (χ1) is 6.04. The van der Waals surface area contributed by atoms with E-state index >= 15 is 0 Å². The van der Waals surface area contributed by atoms with Gasteiger partial charge < -0.3 is 10.8 Å². The van der Waals surface area contributed by atoms with Crippen LogP contribution in [0.25, 0.3) is 0 Å². The summed E-state index contributed by atoms with van der Waals surface area (Å²) in [7, 11) is 0. The fourth-order valence-electron chi connectivity index (χ4n) is 1.38. The van der Waals surface area contributed by atoms with Crippen molar-refractivity contribution in [2.45, 2.75) is 19.9 Å². The van der Waals surface area contributed by atoms with Gasteiger partial charge in [0.15, 0.2) is 0 Å². The van der Waals surface area contributed by atoms with Crippen LogP contribution >= 0.6 is 0 Å². The van der Waals surface area contributed by atoms with Crippen molar-refractivity contribution in [3.05, 3.63) is 34.9 Å². The predicted octanol–water partition coefficient (Wildman–Crippen LogP) is 1.71. The highest BCUT2D eigenvalue weighted by Crippen LogP contribution is 2.18. The fraction of sp³-hybridized carbons (Fsp3) is 0.300. The molecule has 70 valence electrons. The SMILES string of the molecule is Cc1c(C(=O)O)cccc1[C@@H](C)N. The third kappa shape index (κ3) is 1.87. The Hall–Kier alpha value is -1.35. The molecule has 0 fully saturated rings. The molecular weight excluding hydrogens is 166 g/mol. The van der Waals surface area contributed by atoms with E-state index in [0.29, 0.717) is 5.56 Å². The number of nitrogens with two attached hydrogens (primary N) is 1. The highest BCUT2D eigenvalue weighted by molar-refractivity contribution is 5.89. The summed E-state index contributed by atoms with van der Waals surface area (Å²) >= 11 is 0. The second kappa shape index (κ2) is 3.58. The highest BCUT2D eigenvalue weighted by atomic mass is 16.4. The Morgan fingerprint density at radius 2 is 2.15 bits per heavy atom. The van der Waals surface area contributed by atoms with Crippen molar-refractivity contribution >= 4 is 5.97 Å². The summed E-state index contributed by atoms with van der Waals surface area (Å²) in [6, 6.07) is 5.03. The molecule has 0 aliphatic rings. The predicted molar refractivity (Wildman–Crippen MR) is 50.7 cm³/mol. The molecule has 0 aromatic heterocycles. The van der Waals surface area contributed by atoms with Gasteiger partial charge in [-0.1, -0.05) is 12.1 Å². The van der Waals surface area contributed by atoms with Crippen LogP contribution in [0.3, 0.4) is 0 Å². The quantitative estimate of drug-likeness (QED) is 0.726. The van der Waals surface area contributed by atoms with Crippen molar-refractivity contribution in [3.8, 4) is 0 Å². The Morgan fingerprint density at radius 3 is 2.62 bits per heavy atom. The van der Waals surface area contributed by atoms with Gasteiger partial charge in [0.05, 0.1) is 5.56 Å². The molecule has 1 atom stereocenters. The average molecular weight is 179 g/mol. The molecule has 13 heavy (non-hydrogen) atoms. The third-order valence-corrected chi connectivity index (χ3v) is 2.10.